The zero-order chi connectivity index (χ0) is 8.27. The molecule has 1 aliphatic rings. The molecule has 62 valence electrons. The van der Waals surface area contributed by atoms with E-state index in [-0.39, 0.29) is 12.0 Å². The van der Waals surface area contributed by atoms with Crippen molar-refractivity contribution in [2.75, 3.05) is 12.4 Å². The predicted molar refractivity (Wildman–Crippen MR) is 45.1 cm³/mol. The van der Waals surface area contributed by atoms with Crippen molar-refractivity contribution in [1.82, 2.24) is 0 Å². The van der Waals surface area contributed by atoms with Crippen LogP contribution in [0.2, 0.25) is 0 Å². The first-order chi connectivity index (χ1) is 5.24. The summed E-state index contributed by atoms with van der Waals surface area (Å²) in [6.07, 6.45) is 1.75. The largest absolute Gasteiger partial charge is 0.462 e. The van der Waals surface area contributed by atoms with Gasteiger partial charge in [0.25, 0.3) is 0 Å². The Bertz CT molecular complexity index is 191. The van der Waals surface area contributed by atoms with Gasteiger partial charge in [-0.25, -0.2) is 4.79 Å². The second kappa shape index (κ2) is 3.78. The quantitative estimate of drug-likeness (QED) is 0.618. The number of carbonyl (C=O) groups excluding carboxylic acids is 1. The highest BCUT2D eigenvalue weighted by molar-refractivity contribution is 8.04. The summed E-state index contributed by atoms with van der Waals surface area (Å²) in [7, 11) is 0. The molecule has 0 radical (unpaired) electrons. The minimum atomic E-state index is -0.245. The van der Waals surface area contributed by atoms with E-state index in [1.807, 2.05) is 0 Å². The van der Waals surface area contributed by atoms with Gasteiger partial charge in [-0.15, -0.1) is 11.8 Å². The number of carbonyl (C=O) groups is 1. The van der Waals surface area contributed by atoms with Crippen LogP contribution in [0.4, 0.5) is 0 Å². The third-order valence-corrected chi connectivity index (χ3v) is 2.44. The molecule has 0 aliphatic carbocycles. The van der Waals surface area contributed by atoms with Crippen LogP contribution in [-0.4, -0.2) is 24.4 Å². The van der Waals surface area contributed by atoms with E-state index in [1.54, 1.807) is 13.0 Å². The molecule has 1 atom stereocenters. The maximum atomic E-state index is 11.0. The summed E-state index contributed by atoms with van der Waals surface area (Å²) in [5.41, 5.74) is 5.55. The number of esters is 1. The molecular weight excluding hydrogens is 162 g/mol. The van der Waals surface area contributed by atoms with Gasteiger partial charge in [-0.2, -0.15) is 0 Å². The second-order valence-electron chi connectivity index (χ2n) is 2.23. The smallest absolute Gasteiger partial charge is 0.344 e. The summed E-state index contributed by atoms with van der Waals surface area (Å²) in [5, 5.41) is 0. The molecule has 0 aromatic rings. The van der Waals surface area contributed by atoms with Crippen molar-refractivity contribution in [2.45, 2.75) is 13.0 Å². The Hall–Kier alpha value is -0.480. The molecule has 2 N–H and O–H groups in total. The fourth-order valence-corrected chi connectivity index (χ4v) is 1.72. The molecule has 0 saturated heterocycles. The van der Waals surface area contributed by atoms with E-state index < -0.39 is 0 Å². The molecule has 0 aromatic carbocycles. The Morgan fingerprint density at radius 1 is 2.00 bits per heavy atom. The van der Waals surface area contributed by atoms with Crippen molar-refractivity contribution in [3.8, 4) is 0 Å². The Balaban J connectivity index is 2.48. The van der Waals surface area contributed by atoms with Gasteiger partial charge in [0.2, 0.25) is 0 Å². The monoisotopic (exact) mass is 173 g/mol. The van der Waals surface area contributed by atoms with Crippen LogP contribution in [0.1, 0.15) is 6.92 Å². The van der Waals surface area contributed by atoms with E-state index in [2.05, 4.69) is 0 Å². The molecule has 0 unspecified atom stereocenters. The fraction of sp³-hybridized carbons (Fsp3) is 0.571. The molecule has 0 saturated carbocycles. The summed E-state index contributed by atoms with van der Waals surface area (Å²) in [5.74, 6) is 0.541. The van der Waals surface area contributed by atoms with Crippen molar-refractivity contribution < 1.29 is 9.53 Å². The summed E-state index contributed by atoms with van der Waals surface area (Å²) in [4.78, 5) is 11.7. The Labute approximate surface area is 70.0 Å². The third-order valence-electron chi connectivity index (χ3n) is 1.27. The highest BCUT2D eigenvalue weighted by atomic mass is 32.2. The molecule has 0 bridgehead atoms. The number of thioether (sulfide) groups is 1. The Morgan fingerprint density at radius 3 is 3.18 bits per heavy atom. The van der Waals surface area contributed by atoms with Gasteiger partial charge in [0.05, 0.1) is 11.5 Å². The average molecular weight is 173 g/mol. The summed E-state index contributed by atoms with van der Waals surface area (Å²) >= 11 is 1.46. The zero-order valence-corrected chi connectivity index (χ0v) is 7.19. The van der Waals surface area contributed by atoms with Gasteiger partial charge in [-0.3, -0.25) is 0 Å². The average Bonchev–Trinajstić information content (AvgIpc) is 2.36. The first kappa shape index (κ1) is 8.62. The van der Waals surface area contributed by atoms with E-state index in [0.717, 1.165) is 5.75 Å². The van der Waals surface area contributed by atoms with E-state index in [1.165, 1.54) is 11.8 Å². The molecule has 4 heteroatoms. The van der Waals surface area contributed by atoms with Gasteiger partial charge in [0.15, 0.2) is 0 Å². The molecule has 0 aromatic heterocycles. The SMILES string of the molecule is CCOC(=O)C1=C[C@H](N)CS1. The van der Waals surface area contributed by atoms with Crippen LogP contribution in [-0.2, 0) is 9.53 Å². The molecule has 0 spiro atoms. The summed E-state index contributed by atoms with van der Waals surface area (Å²) < 4.78 is 4.79. The van der Waals surface area contributed by atoms with Crippen molar-refractivity contribution in [3.05, 3.63) is 11.0 Å². The highest BCUT2D eigenvalue weighted by Crippen LogP contribution is 2.24. The predicted octanol–water partition coefficient (Wildman–Crippen LogP) is 0.508. The maximum Gasteiger partial charge on any atom is 0.344 e. The lowest BCUT2D eigenvalue weighted by molar-refractivity contribution is -0.137. The van der Waals surface area contributed by atoms with Gasteiger partial charge in [0, 0.05) is 11.8 Å². The normalized spacial score (nSPS) is 23.1. The molecule has 11 heavy (non-hydrogen) atoms. The Kier molecular flexibility index (Phi) is 2.96. The standard InChI is InChI=1S/C7H11NO2S/c1-2-10-7(9)6-3-5(8)4-11-6/h3,5H,2,4,8H2,1H3/t5-/m0/s1. The van der Waals surface area contributed by atoms with Crippen molar-refractivity contribution >= 4 is 17.7 Å². The highest BCUT2D eigenvalue weighted by Gasteiger charge is 2.19. The molecule has 3 nitrogen and oxygen atoms in total. The van der Waals surface area contributed by atoms with Crippen LogP contribution in [0.5, 0.6) is 0 Å². The van der Waals surface area contributed by atoms with Crippen molar-refractivity contribution in [2.24, 2.45) is 5.73 Å². The number of nitrogens with two attached hydrogens (primary N) is 1. The van der Waals surface area contributed by atoms with Crippen molar-refractivity contribution in [3.63, 3.8) is 0 Å². The van der Waals surface area contributed by atoms with E-state index in [0.29, 0.717) is 11.5 Å². The minimum absolute atomic E-state index is 0.0133. The molecule has 0 fully saturated rings. The lowest BCUT2D eigenvalue weighted by Gasteiger charge is -1.99. The van der Waals surface area contributed by atoms with Gasteiger partial charge >= 0.3 is 5.97 Å². The summed E-state index contributed by atoms with van der Waals surface area (Å²) in [6.45, 7) is 2.21. The van der Waals surface area contributed by atoms with Gasteiger partial charge in [0.1, 0.15) is 0 Å². The maximum absolute atomic E-state index is 11.0. The molecular formula is C7H11NO2S. The number of hydrogen-bond donors (Lipinski definition) is 1. The first-order valence-corrected chi connectivity index (χ1v) is 4.50. The van der Waals surface area contributed by atoms with Gasteiger partial charge < -0.3 is 10.5 Å². The van der Waals surface area contributed by atoms with Crippen LogP contribution in [0, 0.1) is 0 Å². The minimum Gasteiger partial charge on any atom is -0.462 e. The number of ether oxygens (including phenoxy) is 1. The van der Waals surface area contributed by atoms with Gasteiger partial charge in [-0.05, 0) is 13.0 Å². The van der Waals surface area contributed by atoms with Crippen LogP contribution in [0.25, 0.3) is 0 Å². The van der Waals surface area contributed by atoms with E-state index >= 15 is 0 Å². The van der Waals surface area contributed by atoms with Crippen LogP contribution >= 0.6 is 11.8 Å². The lowest BCUT2D eigenvalue weighted by atomic mass is 10.3. The topological polar surface area (TPSA) is 52.3 Å². The van der Waals surface area contributed by atoms with E-state index in [9.17, 15) is 4.79 Å². The second-order valence-corrected chi connectivity index (χ2v) is 3.29. The molecule has 0 amide bonds. The molecule has 1 rings (SSSR count). The first-order valence-electron chi connectivity index (χ1n) is 3.51. The molecule has 1 aliphatic heterocycles. The number of rotatable bonds is 2. The van der Waals surface area contributed by atoms with E-state index in [4.69, 9.17) is 10.5 Å². The van der Waals surface area contributed by atoms with Crippen molar-refractivity contribution in [1.29, 1.82) is 0 Å². The van der Waals surface area contributed by atoms with Crippen LogP contribution in [0.15, 0.2) is 11.0 Å². The fourth-order valence-electron chi connectivity index (χ4n) is 0.806. The molecule has 1 heterocycles. The third kappa shape index (κ3) is 2.24. The number of hydrogen-bond acceptors (Lipinski definition) is 4. The van der Waals surface area contributed by atoms with Crippen LogP contribution < -0.4 is 5.73 Å². The zero-order valence-electron chi connectivity index (χ0n) is 6.37. The van der Waals surface area contributed by atoms with Crippen LogP contribution in [0.3, 0.4) is 0 Å². The summed E-state index contributed by atoms with van der Waals surface area (Å²) in [6, 6.07) is 0.0133. The van der Waals surface area contributed by atoms with Gasteiger partial charge in [-0.1, -0.05) is 0 Å². The lowest BCUT2D eigenvalue weighted by Crippen LogP contribution is -2.15. The Morgan fingerprint density at radius 2 is 2.73 bits per heavy atom.